The number of hydrogen-bond acceptors (Lipinski definition) is 2. The predicted octanol–water partition coefficient (Wildman–Crippen LogP) is 3.14. The topological polar surface area (TPSA) is 38.9 Å². The highest BCUT2D eigenvalue weighted by Crippen LogP contribution is 2.28. The summed E-state index contributed by atoms with van der Waals surface area (Å²) in [6.07, 6.45) is 0. The summed E-state index contributed by atoms with van der Waals surface area (Å²) in [4.78, 5) is 4.83. The van der Waals surface area contributed by atoms with Gasteiger partial charge in [0.2, 0.25) is 0 Å². The molecule has 1 aromatic heterocycles. The molecule has 0 aliphatic heterocycles. The maximum absolute atomic E-state index is 6.18. The molecular formula is C12H11ClN2S. The molecule has 16 heavy (non-hydrogen) atoms. The zero-order valence-electron chi connectivity index (χ0n) is 9.04. The molecule has 0 unspecified atom stereocenters. The smallest absolute Gasteiger partial charge is 0.104 e. The number of nitrogens with two attached hydrogens (primary N) is 1. The quantitative estimate of drug-likeness (QED) is 0.791. The number of aryl methyl sites for hydroxylation is 2. The second kappa shape index (κ2) is 4.00. The van der Waals surface area contributed by atoms with E-state index in [2.05, 4.69) is 4.98 Å². The molecule has 0 saturated heterocycles. The normalized spacial score (nSPS) is 10.7. The Balaban J connectivity index is 3.00. The van der Waals surface area contributed by atoms with Crippen LogP contribution in [0, 0.1) is 13.8 Å². The Hall–Kier alpha value is -1.19. The largest absolute Gasteiger partial charge is 0.389 e. The van der Waals surface area contributed by atoms with Gasteiger partial charge in [-0.1, -0.05) is 29.9 Å². The van der Waals surface area contributed by atoms with Crippen LogP contribution in [0.15, 0.2) is 18.2 Å². The van der Waals surface area contributed by atoms with E-state index in [0.717, 1.165) is 27.7 Å². The van der Waals surface area contributed by atoms with Crippen LogP contribution >= 0.6 is 23.8 Å². The van der Waals surface area contributed by atoms with Gasteiger partial charge >= 0.3 is 0 Å². The van der Waals surface area contributed by atoms with E-state index in [1.54, 1.807) is 0 Å². The van der Waals surface area contributed by atoms with Crippen LogP contribution in [0.4, 0.5) is 0 Å². The van der Waals surface area contributed by atoms with E-state index in [9.17, 15) is 0 Å². The van der Waals surface area contributed by atoms with Gasteiger partial charge in [0.25, 0.3) is 0 Å². The summed E-state index contributed by atoms with van der Waals surface area (Å²) in [6, 6.07) is 5.66. The lowest BCUT2D eigenvalue weighted by Gasteiger charge is -2.09. The Labute approximate surface area is 104 Å². The summed E-state index contributed by atoms with van der Waals surface area (Å²) in [7, 11) is 0. The van der Waals surface area contributed by atoms with Gasteiger partial charge < -0.3 is 5.73 Å². The molecule has 0 spiro atoms. The second-order valence-corrected chi connectivity index (χ2v) is 4.61. The lowest BCUT2D eigenvalue weighted by atomic mass is 10.0. The van der Waals surface area contributed by atoms with Crippen molar-refractivity contribution < 1.29 is 0 Å². The average Bonchev–Trinajstić information content (AvgIpc) is 2.22. The number of benzene rings is 1. The molecule has 0 aliphatic carbocycles. The maximum Gasteiger partial charge on any atom is 0.104 e. The van der Waals surface area contributed by atoms with Gasteiger partial charge in [-0.25, -0.2) is 0 Å². The highest BCUT2D eigenvalue weighted by Gasteiger charge is 2.11. The van der Waals surface area contributed by atoms with Crippen LogP contribution in [-0.4, -0.2) is 9.97 Å². The first-order valence-corrected chi connectivity index (χ1v) is 5.65. The summed E-state index contributed by atoms with van der Waals surface area (Å²) in [5.41, 5.74) is 9.34. The van der Waals surface area contributed by atoms with Crippen molar-refractivity contribution in [3.8, 4) is 0 Å². The molecule has 0 amide bonds. The van der Waals surface area contributed by atoms with E-state index in [0.29, 0.717) is 10.0 Å². The fourth-order valence-electron chi connectivity index (χ4n) is 1.76. The van der Waals surface area contributed by atoms with Gasteiger partial charge in [-0.3, -0.25) is 4.98 Å². The molecular weight excluding hydrogens is 240 g/mol. The lowest BCUT2D eigenvalue weighted by Crippen LogP contribution is -2.11. The van der Waals surface area contributed by atoms with Crippen LogP contribution in [0.25, 0.3) is 10.9 Å². The van der Waals surface area contributed by atoms with Gasteiger partial charge in [-0.2, -0.15) is 0 Å². The molecule has 0 atom stereocenters. The summed E-state index contributed by atoms with van der Waals surface area (Å²) in [6.45, 7) is 3.91. The van der Waals surface area contributed by atoms with Crippen molar-refractivity contribution in [3.63, 3.8) is 0 Å². The number of nitrogens with zero attached hydrogens (tertiary/aromatic N) is 1. The molecule has 2 N–H and O–H groups in total. The molecule has 82 valence electrons. The Kier molecular flexibility index (Phi) is 2.82. The molecule has 1 heterocycles. The van der Waals surface area contributed by atoms with Crippen molar-refractivity contribution in [2.45, 2.75) is 13.8 Å². The van der Waals surface area contributed by atoms with Gasteiger partial charge in [0.1, 0.15) is 4.99 Å². The van der Waals surface area contributed by atoms with Gasteiger partial charge in [-0.15, -0.1) is 0 Å². The van der Waals surface area contributed by atoms with E-state index in [-0.39, 0.29) is 0 Å². The minimum absolute atomic E-state index is 0.350. The van der Waals surface area contributed by atoms with E-state index in [1.165, 1.54) is 0 Å². The second-order valence-electron chi connectivity index (χ2n) is 3.76. The monoisotopic (exact) mass is 250 g/mol. The Bertz CT molecular complexity index is 593. The van der Waals surface area contributed by atoms with Gasteiger partial charge in [-0.05, 0) is 31.5 Å². The van der Waals surface area contributed by atoms with E-state index >= 15 is 0 Å². The predicted molar refractivity (Wildman–Crippen MR) is 72.1 cm³/mol. The van der Waals surface area contributed by atoms with E-state index in [1.807, 2.05) is 32.0 Å². The van der Waals surface area contributed by atoms with Crippen LogP contribution in [0.2, 0.25) is 5.02 Å². The van der Waals surface area contributed by atoms with Crippen LogP contribution in [0.3, 0.4) is 0 Å². The molecule has 0 aliphatic rings. The highest BCUT2D eigenvalue weighted by molar-refractivity contribution is 7.80. The summed E-state index contributed by atoms with van der Waals surface area (Å²) >= 11 is 11.2. The van der Waals surface area contributed by atoms with Gasteiger partial charge in [0, 0.05) is 16.6 Å². The highest BCUT2D eigenvalue weighted by atomic mass is 35.5. The fourth-order valence-corrected chi connectivity index (χ4v) is 2.17. The first kappa shape index (κ1) is 11.3. The molecule has 2 rings (SSSR count). The minimum Gasteiger partial charge on any atom is -0.389 e. The SMILES string of the molecule is Cc1cc(C(N)=S)c2c(Cl)ccc(C)c2n1. The maximum atomic E-state index is 6.18. The number of rotatable bonds is 1. The van der Waals surface area contributed by atoms with E-state index in [4.69, 9.17) is 29.6 Å². The zero-order valence-corrected chi connectivity index (χ0v) is 10.6. The van der Waals surface area contributed by atoms with Crippen molar-refractivity contribution in [2.75, 3.05) is 0 Å². The Morgan fingerprint density at radius 3 is 2.69 bits per heavy atom. The Morgan fingerprint density at radius 1 is 1.38 bits per heavy atom. The number of halogens is 1. The zero-order chi connectivity index (χ0) is 11.9. The third-order valence-electron chi connectivity index (χ3n) is 2.50. The lowest BCUT2D eigenvalue weighted by molar-refractivity contribution is 1.24. The molecule has 0 bridgehead atoms. The van der Waals surface area contributed by atoms with E-state index < -0.39 is 0 Å². The van der Waals surface area contributed by atoms with Crippen LogP contribution < -0.4 is 5.73 Å². The fraction of sp³-hybridized carbons (Fsp3) is 0.167. The summed E-state index contributed by atoms with van der Waals surface area (Å²) in [5.74, 6) is 0. The van der Waals surface area contributed by atoms with Crippen molar-refractivity contribution in [1.29, 1.82) is 0 Å². The minimum atomic E-state index is 0.350. The number of thiocarbonyl (C=S) groups is 1. The Morgan fingerprint density at radius 2 is 2.06 bits per heavy atom. The van der Waals surface area contributed by atoms with Crippen molar-refractivity contribution in [1.82, 2.24) is 4.98 Å². The standard InChI is InChI=1S/C12H11ClN2S/c1-6-3-4-9(13)10-8(12(14)16)5-7(2)15-11(6)10/h3-5H,1-2H3,(H2,14,16). The number of pyridine rings is 1. The molecule has 0 fully saturated rings. The number of hydrogen-bond donors (Lipinski definition) is 1. The number of aromatic nitrogens is 1. The third kappa shape index (κ3) is 1.77. The van der Waals surface area contributed by atoms with Crippen LogP contribution in [0.1, 0.15) is 16.8 Å². The van der Waals surface area contributed by atoms with Crippen LogP contribution in [0.5, 0.6) is 0 Å². The number of fused-ring (bicyclic) bond motifs is 1. The molecule has 0 saturated carbocycles. The summed E-state index contributed by atoms with van der Waals surface area (Å²) in [5, 5.41) is 1.48. The van der Waals surface area contributed by atoms with Crippen LogP contribution in [-0.2, 0) is 0 Å². The third-order valence-corrected chi connectivity index (χ3v) is 3.04. The first-order chi connectivity index (χ1) is 7.50. The van der Waals surface area contributed by atoms with Gasteiger partial charge in [0.15, 0.2) is 0 Å². The molecule has 0 radical (unpaired) electrons. The molecule has 2 nitrogen and oxygen atoms in total. The molecule has 4 heteroatoms. The first-order valence-electron chi connectivity index (χ1n) is 4.87. The van der Waals surface area contributed by atoms with Crippen molar-refractivity contribution in [2.24, 2.45) is 5.73 Å². The average molecular weight is 251 g/mol. The van der Waals surface area contributed by atoms with Crippen molar-refractivity contribution >= 4 is 39.7 Å². The molecule has 1 aromatic carbocycles. The molecule has 2 aromatic rings. The summed E-state index contributed by atoms with van der Waals surface area (Å²) < 4.78 is 0. The van der Waals surface area contributed by atoms with Gasteiger partial charge in [0.05, 0.1) is 10.5 Å². The van der Waals surface area contributed by atoms with Crippen molar-refractivity contribution in [3.05, 3.63) is 40.0 Å².